The number of carbonyl (C=O) groups excluding carboxylic acids is 3. The number of benzene rings is 3. The minimum atomic E-state index is -0.821. The van der Waals surface area contributed by atoms with E-state index in [0.29, 0.717) is 56.8 Å². The molecule has 0 spiro atoms. The van der Waals surface area contributed by atoms with Crippen LogP contribution in [0.2, 0.25) is 0 Å². The first kappa shape index (κ1) is 61.6. The number of nitrogens with zero attached hydrogens (tertiary/aromatic N) is 3. The predicted molar refractivity (Wildman–Crippen MR) is 295 cm³/mol. The maximum atomic E-state index is 13.3. The summed E-state index contributed by atoms with van der Waals surface area (Å²) in [4.78, 5) is 54.6. The second kappa shape index (κ2) is 21.2. The van der Waals surface area contributed by atoms with Gasteiger partial charge in [0.05, 0.1) is 0 Å². The third-order valence-electron chi connectivity index (χ3n) is 11.3. The van der Waals surface area contributed by atoms with Crippen molar-refractivity contribution in [3.05, 3.63) is 81.2 Å². The van der Waals surface area contributed by atoms with E-state index in [1.807, 2.05) is 119 Å². The smallest absolute Gasteiger partial charge is 0.428 e. The van der Waals surface area contributed by atoms with Crippen molar-refractivity contribution in [2.75, 3.05) is 0 Å². The van der Waals surface area contributed by atoms with E-state index in [9.17, 15) is 14.4 Å². The summed E-state index contributed by atoms with van der Waals surface area (Å²) in [5.41, 5.74) is -0.307. The van der Waals surface area contributed by atoms with E-state index in [4.69, 9.17) is 52.8 Å². The average Bonchev–Trinajstić information content (AvgIpc) is 3.14. The lowest BCUT2D eigenvalue weighted by Gasteiger charge is -2.30. The van der Waals surface area contributed by atoms with Crippen LogP contribution in [0, 0.1) is 0 Å². The Morgan fingerprint density at radius 1 is 0.347 bits per heavy atom. The van der Waals surface area contributed by atoms with Crippen molar-refractivity contribution in [1.29, 1.82) is 0 Å². The Balaban J connectivity index is 2.06. The molecule has 1 aromatic heterocycles. The normalized spacial score (nSPS) is 13.2. The Morgan fingerprint density at radius 3 is 0.787 bits per heavy atom. The maximum Gasteiger partial charge on any atom is 0.514 e. The quantitative estimate of drug-likeness (QED) is 0.0883. The molecule has 0 radical (unpaired) electrons. The van der Waals surface area contributed by atoms with Gasteiger partial charge in [-0.15, -0.1) is 4.98 Å². The van der Waals surface area contributed by atoms with Gasteiger partial charge in [0.15, 0.2) is 0 Å². The number of ether oxygens (including phenoxy) is 8. The molecule has 75 heavy (non-hydrogen) atoms. The van der Waals surface area contributed by atoms with Gasteiger partial charge in [-0.2, -0.15) is 9.97 Å². The minimum absolute atomic E-state index is 0.0653. The van der Waals surface area contributed by atoms with Gasteiger partial charge in [0.25, 0.3) is 0 Å². The van der Waals surface area contributed by atoms with Crippen molar-refractivity contribution in [3.8, 4) is 40.8 Å². The fraction of sp³-hybridized carbons (Fsp3) is 0.607. The van der Waals surface area contributed by atoms with Crippen LogP contribution in [0.5, 0.6) is 40.8 Å². The zero-order valence-corrected chi connectivity index (χ0v) is 50.5. The number of hydrogen-bond donors (Lipinski definition) is 0. The van der Waals surface area contributed by atoms with Gasteiger partial charge in [0.1, 0.15) is 51.4 Å². The summed E-state index contributed by atoms with van der Waals surface area (Å²) < 4.78 is 48.5. The highest BCUT2D eigenvalue weighted by Crippen LogP contribution is 2.47. The van der Waals surface area contributed by atoms with Crippen LogP contribution < -0.4 is 23.7 Å². The van der Waals surface area contributed by atoms with Crippen LogP contribution in [0.1, 0.15) is 232 Å². The standard InChI is InChI=1S/C61H89N3O11/c1-53(2,3)38-28-35(29-39(54(4,5)6)45(38)70-50(65)73-59(19,20)21)30-44-62-48(68-36-31-40(55(7,8)9)46(41(32-36)56(10,11)12)71-51(66)74-60(22,23)24)64-49(63-44)69-37-33-42(57(13,14)15)47(43(34-37)58(16,17)18)72-52(67)75-61(25,26)27/h28-29,31-34H,30H2,1-27H3. The second-order valence-electron chi connectivity index (χ2n) is 28.6. The van der Waals surface area contributed by atoms with E-state index in [-0.39, 0.29) is 18.4 Å². The van der Waals surface area contributed by atoms with Gasteiger partial charge in [-0.3, -0.25) is 0 Å². The lowest BCUT2D eigenvalue weighted by atomic mass is 9.78. The molecule has 0 fully saturated rings. The predicted octanol–water partition coefficient (Wildman–Crippen LogP) is 16.8. The van der Waals surface area contributed by atoms with Crippen LogP contribution in [-0.4, -0.2) is 50.2 Å². The van der Waals surface area contributed by atoms with E-state index in [1.165, 1.54) is 0 Å². The van der Waals surface area contributed by atoms with Gasteiger partial charge >= 0.3 is 30.5 Å². The third-order valence-corrected chi connectivity index (χ3v) is 11.3. The summed E-state index contributed by atoms with van der Waals surface area (Å²) in [6.45, 7) is 52.8. The molecule has 0 aliphatic carbocycles. The molecule has 4 rings (SSSR count). The molecule has 0 aliphatic heterocycles. The summed E-state index contributed by atoms with van der Waals surface area (Å²) >= 11 is 0. The summed E-state index contributed by atoms with van der Waals surface area (Å²) in [7, 11) is 0. The van der Waals surface area contributed by atoms with E-state index in [2.05, 4.69) is 41.5 Å². The molecule has 0 amide bonds. The molecule has 1 heterocycles. The lowest BCUT2D eigenvalue weighted by molar-refractivity contribution is 0.0185. The Labute approximate surface area is 448 Å². The highest BCUT2D eigenvalue weighted by atomic mass is 16.7. The third kappa shape index (κ3) is 17.8. The molecule has 0 atom stereocenters. The number of carbonyl (C=O) groups is 3. The van der Waals surface area contributed by atoms with Gasteiger partial charge in [-0.05, 0) is 125 Å². The molecule has 14 heteroatoms. The highest BCUT2D eigenvalue weighted by molar-refractivity contribution is 5.70. The van der Waals surface area contributed by atoms with E-state index >= 15 is 0 Å². The Kier molecular flexibility index (Phi) is 17.5. The zero-order chi connectivity index (χ0) is 57.6. The molecule has 14 nitrogen and oxygen atoms in total. The number of aromatic nitrogens is 3. The summed E-state index contributed by atoms with van der Waals surface area (Å²) in [5, 5.41) is 0. The number of hydrogen-bond acceptors (Lipinski definition) is 14. The Morgan fingerprint density at radius 2 is 0.573 bits per heavy atom. The van der Waals surface area contributed by atoms with E-state index in [1.54, 1.807) is 62.3 Å². The fourth-order valence-electron chi connectivity index (χ4n) is 7.79. The topological polar surface area (TPSA) is 164 Å². The molecule has 0 saturated carbocycles. The molecule has 4 aromatic rings. The monoisotopic (exact) mass is 1040 g/mol. The van der Waals surface area contributed by atoms with Gasteiger partial charge in [0, 0.05) is 39.8 Å². The van der Waals surface area contributed by atoms with E-state index < -0.39 is 67.8 Å². The zero-order valence-electron chi connectivity index (χ0n) is 50.5. The van der Waals surface area contributed by atoms with Crippen LogP contribution in [0.25, 0.3) is 0 Å². The molecular formula is C61H89N3O11. The summed E-state index contributed by atoms with van der Waals surface area (Å²) in [5.74, 6) is 2.26. The summed E-state index contributed by atoms with van der Waals surface area (Å²) in [6.07, 6.45) is -2.26. The first-order chi connectivity index (χ1) is 33.5. The first-order valence-corrected chi connectivity index (χ1v) is 25.9. The molecule has 0 aliphatic rings. The minimum Gasteiger partial charge on any atom is -0.428 e. The summed E-state index contributed by atoms with van der Waals surface area (Å²) in [6, 6.07) is 11.2. The SMILES string of the molecule is CC(C)(C)OC(=O)Oc1c(C(C)(C)C)cc(Cc2nc(Oc3cc(C(C)(C)C)c(OC(=O)OC(C)(C)C)c(C(C)(C)C)c3)nc(Oc3cc(C(C)(C)C)c(OC(=O)OC(C)(C)C)c(C(C)(C)C)c3)n2)cc1C(C)(C)C. The van der Waals surface area contributed by atoms with Gasteiger partial charge in [-0.25, -0.2) is 14.4 Å². The van der Waals surface area contributed by atoms with Crippen LogP contribution in [-0.2, 0) is 53.1 Å². The van der Waals surface area contributed by atoms with Crippen molar-refractivity contribution < 1.29 is 52.3 Å². The Bertz CT molecular complexity index is 2330. The van der Waals surface area contributed by atoms with Crippen LogP contribution >= 0.6 is 0 Å². The molecule has 0 saturated heterocycles. The Hall–Kier alpha value is -5.92. The molecule has 0 unspecified atom stereocenters. The van der Waals surface area contributed by atoms with Gasteiger partial charge in [0.2, 0.25) is 0 Å². The van der Waals surface area contributed by atoms with Gasteiger partial charge < -0.3 is 37.9 Å². The van der Waals surface area contributed by atoms with Crippen LogP contribution in [0.3, 0.4) is 0 Å². The molecule has 414 valence electrons. The van der Waals surface area contributed by atoms with Crippen molar-refractivity contribution in [1.82, 2.24) is 15.0 Å². The van der Waals surface area contributed by atoms with E-state index in [0.717, 1.165) is 16.7 Å². The number of rotatable bonds is 9. The maximum absolute atomic E-state index is 13.3. The van der Waals surface area contributed by atoms with Crippen LogP contribution in [0.4, 0.5) is 14.4 Å². The van der Waals surface area contributed by atoms with Crippen molar-refractivity contribution in [3.63, 3.8) is 0 Å². The first-order valence-electron chi connectivity index (χ1n) is 25.9. The van der Waals surface area contributed by atoms with Crippen molar-refractivity contribution in [2.45, 2.75) is 243 Å². The van der Waals surface area contributed by atoms with Crippen LogP contribution in [0.15, 0.2) is 36.4 Å². The fourth-order valence-corrected chi connectivity index (χ4v) is 7.79. The van der Waals surface area contributed by atoms with Crippen molar-refractivity contribution in [2.24, 2.45) is 0 Å². The second-order valence-corrected chi connectivity index (χ2v) is 28.6. The molecule has 0 bridgehead atoms. The average molecular weight is 1040 g/mol. The molecular weight excluding hydrogens is 951 g/mol. The van der Waals surface area contributed by atoms with Crippen molar-refractivity contribution >= 4 is 18.5 Å². The highest BCUT2D eigenvalue weighted by Gasteiger charge is 2.35. The lowest BCUT2D eigenvalue weighted by Crippen LogP contribution is -2.28. The largest absolute Gasteiger partial charge is 0.514 e. The van der Waals surface area contributed by atoms with Gasteiger partial charge in [-0.1, -0.05) is 137 Å². The molecule has 3 aromatic carbocycles. The molecule has 0 N–H and O–H groups in total.